The second-order valence-corrected chi connectivity index (χ2v) is 10.4. The van der Waals surface area contributed by atoms with Gasteiger partial charge in [0, 0.05) is 23.7 Å². The molecule has 0 saturated carbocycles. The van der Waals surface area contributed by atoms with Gasteiger partial charge in [-0.05, 0) is 43.0 Å². The van der Waals surface area contributed by atoms with Gasteiger partial charge in [-0.3, -0.25) is 4.79 Å². The van der Waals surface area contributed by atoms with E-state index in [-0.39, 0.29) is 29.8 Å². The minimum Gasteiger partial charge on any atom is -0.315 e. The fourth-order valence-electron chi connectivity index (χ4n) is 3.74. The fraction of sp³-hybridized carbons (Fsp3) is 0.393. The number of aryl methyl sites for hydroxylation is 2. The lowest BCUT2D eigenvalue weighted by molar-refractivity contribution is -0.116. The van der Waals surface area contributed by atoms with Crippen LogP contribution in [0.5, 0.6) is 0 Å². The average molecular weight is 476 g/mol. The lowest BCUT2D eigenvalue weighted by Crippen LogP contribution is -2.42. The highest BCUT2D eigenvalue weighted by Crippen LogP contribution is 2.27. The SMILES string of the molecule is Cc1ccccc1NC(=O)N(CC(=O)Nc1cc(C(C)(C)C)nn1-c1ccccc1C)CC(C)C. The van der Waals surface area contributed by atoms with E-state index < -0.39 is 0 Å². The molecule has 1 aromatic heterocycles. The molecule has 0 fully saturated rings. The molecule has 3 rings (SSSR count). The Bertz CT molecular complexity index is 1190. The van der Waals surface area contributed by atoms with Crippen LogP contribution < -0.4 is 10.6 Å². The number of aromatic nitrogens is 2. The van der Waals surface area contributed by atoms with Crippen LogP contribution in [0.4, 0.5) is 16.3 Å². The summed E-state index contributed by atoms with van der Waals surface area (Å²) < 4.78 is 1.77. The molecule has 0 aliphatic carbocycles. The predicted molar refractivity (Wildman–Crippen MR) is 142 cm³/mol. The molecule has 0 unspecified atom stereocenters. The highest BCUT2D eigenvalue weighted by Gasteiger charge is 2.24. The molecule has 2 aromatic carbocycles. The van der Waals surface area contributed by atoms with Crippen molar-refractivity contribution in [2.24, 2.45) is 5.92 Å². The van der Waals surface area contributed by atoms with E-state index in [1.807, 2.05) is 82.3 Å². The van der Waals surface area contributed by atoms with Gasteiger partial charge in [0.25, 0.3) is 0 Å². The van der Waals surface area contributed by atoms with Crippen molar-refractivity contribution in [2.75, 3.05) is 23.7 Å². The van der Waals surface area contributed by atoms with Gasteiger partial charge in [0.05, 0.1) is 11.4 Å². The Labute approximate surface area is 208 Å². The molecule has 35 heavy (non-hydrogen) atoms. The van der Waals surface area contributed by atoms with Crippen LogP contribution in [0.3, 0.4) is 0 Å². The lowest BCUT2D eigenvalue weighted by Gasteiger charge is -2.25. The summed E-state index contributed by atoms with van der Waals surface area (Å²) in [6.45, 7) is 14.6. The van der Waals surface area contributed by atoms with Gasteiger partial charge in [0.2, 0.25) is 5.91 Å². The van der Waals surface area contributed by atoms with E-state index in [1.165, 1.54) is 0 Å². The molecule has 1 heterocycles. The van der Waals surface area contributed by atoms with Gasteiger partial charge in [0.15, 0.2) is 0 Å². The Morgan fingerprint density at radius 1 is 0.971 bits per heavy atom. The number of amides is 3. The van der Waals surface area contributed by atoms with Crippen molar-refractivity contribution < 1.29 is 9.59 Å². The minimum absolute atomic E-state index is 0.0697. The summed E-state index contributed by atoms with van der Waals surface area (Å²) in [6, 6.07) is 17.1. The maximum absolute atomic E-state index is 13.2. The molecule has 3 amide bonds. The number of urea groups is 1. The number of nitrogens with one attached hydrogen (secondary N) is 2. The standard InChI is InChI=1S/C28H37N5O2/c1-19(2)17-32(27(35)29-22-14-10-8-12-20(22)3)18-26(34)30-25-16-24(28(5,6)7)31-33(25)23-15-11-9-13-21(23)4/h8-16,19H,17-18H2,1-7H3,(H,29,35)(H,30,34). The molecule has 0 atom stereocenters. The van der Waals surface area contributed by atoms with Gasteiger partial charge in [-0.2, -0.15) is 5.10 Å². The predicted octanol–water partition coefficient (Wildman–Crippen LogP) is 5.92. The molecular formula is C28H37N5O2. The molecule has 7 nitrogen and oxygen atoms in total. The van der Waals surface area contributed by atoms with Crippen LogP contribution in [0.25, 0.3) is 5.69 Å². The summed E-state index contributed by atoms with van der Waals surface area (Å²) in [5.74, 6) is 0.509. The smallest absolute Gasteiger partial charge is 0.315 e. The zero-order valence-corrected chi connectivity index (χ0v) is 21.8. The van der Waals surface area contributed by atoms with Gasteiger partial charge < -0.3 is 15.5 Å². The second-order valence-electron chi connectivity index (χ2n) is 10.4. The van der Waals surface area contributed by atoms with E-state index in [0.717, 1.165) is 28.2 Å². The summed E-state index contributed by atoms with van der Waals surface area (Å²) >= 11 is 0. The van der Waals surface area contributed by atoms with E-state index in [9.17, 15) is 9.59 Å². The molecule has 0 aliphatic heterocycles. The summed E-state index contributed by atoms with van der Waals surface area (Å²) in [4.78, 5) is 27.8. The van der Waals surface area contributed by atoms with Gasteiger partial charge in [-0.25, -0.2) is 9.48 Å². The van der Waals surface area contributed by atoms with Crippen LogP contribution in [0.15, 0.2) is 54.6 Å². The summed E-state index contributed by atoms with van der Waals surface area (Å²) in [6.07, 6.45) is 0. The number of hydrogen-bond donors (Lipinski definition) is 2. The van der Waals surface area contributed by atoms with E-state index in [1.54, 1.807) is 9.58 Å². The van der Waals surface area contributed by atoms with Crippen LogP contribution in [0, 0.1) is 19.8 Å². The van der Waals surface area contributed by atoms with Gasteiger partial charge in [-0.1, -0.05) is 71.0 Å². The van der Waals surface area contributed by atoms with E-state index in [2.05, 4.69) is 31.4 Å². The monoisotopic (exact) mass is 475 g/mol. The van der Waals surface area contributed by atoms with Crippen molar-refractivity contribution in [2.45, 2.75) is 53.9 Å². The number of benzene rings is 2. The Morgan fingerprint density at radius 2 is 1.60 bits per heavy atom. The van der Waals surface area contributed by atoms with Crippen molar-refractivity contribution in [3.8, 4) is 5.69 Å². The molecule has 0 radical (unpaired) electrons. The molecule has 186 valence electrons. The number of carbonyl (C=O) groups excluding carboxylic acids is 2. The maximum Gasteiger partial charge on any atom is 0.322 e. The van der Waals surface area contributed by atoms with Crippen molar-refractivity contribution in [3.63, 3.8) is 0 Å². The summed E-state index contributed by atoms with van der Waals surface area (Å²) in [5, 5.41) is 10.7. The third-order valence-electron chi connectivity index (χ3n) is 5.68. The molecule has 7 heteroatoms. The quantitative estimate of drug-likeness (QED) is 0.445. The van der Waals surface area contributed by atoms with Crippen molar-refractivity contribution >= 4 is 23.4 Å². The molecular weight excluding hydrogens is 438 g/mol. The first-order chi connectivity index (χ1) is 16.5. The number of rotatable bonds is 7. The first kappa shape index (κ1) is 26.0. The first-order valence-corrected chi connectivity index (χ1v) is 12.0. The largest absolute Gasteiger partial charge is 0.322 e. The number of nitrogens with zero attached hydrogens (tertiary/aromatic N) is 3. The second kappa shape index (κ2) is 10.8. The third-order valence-corrected chi connectivity index (χ3v) is 5.68. The van der Waals surface area contributed by atoms with E-state index in [0.29, 0.717) is 12.4 Å². The molecule has 0 aliphatic rings. The number of anilines is 2. The first-order valence-electron chi connectivity index (χ1n) is 12.0. The number of para-hydroxylation sites is 2. The van der Waals surface area contributed by atoms with Crippen LogP contribution in [0.1, 0.15) is 51.4 Å². The van der Waals surface area contributed by atoms with Crippen LogP contribution in [-0.2, 0) is 10.2 Å². The summed E-state index contributed by atoms with van der Waals surface area (Å²) in [7, 11) is 0. The highest BCUT2D eigenvalue weighted by molar-refractivity contribution is 5.97. The van der Waals surface area contributed by atoms with Crippen molar-refractivity contribution in [1.82, 2.24) is 14.7 Å². The van der Waals surface area contributed by atoms with Gasteiger partial charge >= 0.3 is 6.03 Å². The number of hydrogen-bond acceptors (Lipinski definition) is 3. The van der Waals surface area contributed by atoms with Crippen molar-refractivity contribution in [1.29, 1.82) is 0 Å². The lowest BCUT2D eigenvalue weighted by atomic mass is 9.92. The molecule has 0 saturated heterocycles. The van der Waals surface area contributed by atoms with E-state index in [4.69, 9.17) is 5.10 Å². The Hall–Kier alpha value is -3.61. The summed E-state index contributed by atoms with van der Waals surface area (Å²) in [5.41, 5.74) is 4.32. The average Bonchev–Trinajstić information content (AvgIpc) is 3.18. The highest BCUT2D eigenvalue weighted by atomic mass is 16.2. The number of carbonyl (C=O) groups is 2. The zero-order chi connectivity index (χ0) is 25.8. The van der Waals surface area contributed by atoms with Crippen molar-refractivity contribution in [3.05, 3.63) is 71.4 Å². The zero-order valence-electron chi connectivity index (χ0n) is 21.8. The Morgan fingerprint density at radius 3 is 2.20 bits per heavy atom. The van der Waals surface area contributed by atoms with Crippen LogP contribution in [-0.4, -0.2) is 39.7 Å². The topological polar surface area (TPSA) is 79.3 Å². The Kier molecular flexibility index (Phi) is 7.99. The third kappa shape index (κ3) is 6.72. The normalized spacial score (nSPS) is 11.4. The fourth-order valence-corrected chi connectivity index (χ4v) is 3.74. The molecule has 0 bridgehead atoms. The van der Waals surface area contributed by atoms with Crippen LogP contribution in [0.2, 0.25) is 0 Å². The molecule has 2 N–H and O–H groups in total. The molecule has 0 spiro atoms. The van der Waals surface area contributed by atoms with Gasteiger partial charge in [0.1, 0.15) is 12.4 Å². The molecule has 3 aromatic rings. The minimum atomic E-state index is -0.300. The van der Waals surface area contributed by atoms with Gasteiger partial charge in [-0.15, -0.1) is 0 Å². The van der Waals surface area contributed by atoms with Crippen LogP contribution >= 0.6 is 0 Å². The Balaban J connectivity index is 1.84. The maximum atomic E-state index is 13.2. The van der Waals surface area contributed by atoms with E-state index >= 15 is 0 Å².